The summed E-state index contributed by atoms with van der Waals surface area (Å²) in [5.41, 5.74) is 4.53. The van der Waals surface area contributed by atoms with Crippen molar-refractivity contribution in [1.29, 1.82) is 0 Å². The minimum absolute atomic E-state index is 0.436. The molecule has 4 rings (SSSR count). The van der Waals surface area contributed by atoms with Crippen LogP contribution in [0.3, 0.4) is 0 Å². The predicted molar refractivity (Wildman–Crippen MR) is 103 cm³/mol. The number of ether oxygens (including phenoxy) is 1. The van der Waals surface area contributed by atoms with E-state index in [4.69, 9.17) is 9.72 Å². The van der Waals surface area contributed by atoms with Crippen LogP contribution in [0.1, 0.15) is 13.8 Å². The van der Waals surface area contributed by atoms with E-state index in [-0.39, 0.29) is 0 Å². The lowest BCUT2D eigenvalue weighted by Crippen LogP contribution is -1.98. The number of para-hydroxylation sites is 2. The molecule has 0 N–H and O–H groups in total. The molecule has 0 spiro atoms. The van der Waals surface area contributed by atoms with Crippen molar-refractivity contribution in [2.75, 3.05) is 7.11 Å². The quantitative estimate of drug-likeness (QED) is 0.557. The van der Waals surface area contributed by atoms with E-state index in [1.807, 2.05) is 68.4 Å². The molecule has 6 heteroatoms. The largest absolute Gasteiger partial charge is 0.479 e. The van der Waals surface area contributed by atoms with E-state index in [1.54, 1.807) is 14.2 Å². The van der Waals surface area contributed by atoms with Crippen LogP contribution in [-0.4, -0.2) is 32.1 Å². The molecule has 0 aliphatic heterocycles. The average Bonchev–Trinajstić information content (AvgIpc) is 3.10. The molecule has 0 unspecified atom stereocenters. The van der Waals surface area contributed by atoms with E-state index >= 15 is 0 Å². The molecule has 0 radical (unpaired) electrons. The van der Waals surface area contributed by atoms with Gasteiger partial charge in [0.05, 0.1) is 18.1 Å². The first-order valence-corrected chi connectivity index (χ1v) is 8.54. The van der Waals surface area contributed by atoms with Crippen LogP contribution in [0.2, 0.25) is 0 Å². The first-order chi connectivity index (χ1) is 12.8. The number of benzene rings is 2. The standard InChI is InChI=1S/C18H15N5O.C2H6/c1-23-21-15(12-8-4-3-5-9-12)16(22-23)17-18(24-2)20-14-11-7-6-10-13(14)19-17;1-2/h3-11H,1-2H3;1-2H3. The summed E-state index contributed by atoms with van der Waals surface area (Å²) >= 11 is 0. The summed E-state index contributed by atoms with van der Waals surface area (Å²) in [6.45, 7) is 4.00. The number of aryl methyl sites for hydroxylation is 1. The highest BCUT2D eigenvalue weighted by Gasteiger charge is 2.20. The number of rotatable bonds is 3. The van der Waals surface area contributed by atoms with Gasteiger partial charge in [-0.15, -0.1) is 0 Å². The number of fused-ring (bicyclic) bond motifs is 1. The molecule has 0 bridgehead atoms. The maximum Gasteiger partial charge on any atom is 0.242 e. The van der Waals surface area contributed by atoms with Crippen molar-refractivity contribution in [2.24, 2.45) is 7.05 Å². The summed E-state index contributed by atoms with van der Waals surface area (Å²) in [6.07, 6.45) is 0. The van der Waals surface area contributed by atoms with Gasteiger partial charge in [0.25, 0.3) is 0 Å². The molecule has 4 aromatic rings. The summed E-state index contributed by atoms with van der Waals surface area (Å²) < 4.78 is 5.46. The van der Waals surface area contributed by atoms with Gasteiger partial charge in [-0.25, -0.2) is 9.97 Å². The van der Waals surface area contributed by atoms with Crippen LogP contribution in [0.5, 0.6) is 5.88 Å². The van der Waals surface area contributed by atoms with E-state index in [1.165, 1.54) is 4.80 Å². The van der Waals surface area contributed by atoms with Crippen LogP contribution in [0.4, 0.5) is 0 Å². The summed E-state index contributed by atoms with van der Waals surface area (Å²) in [4.78, 5) is 10.8. The van der Waals surface area contributed by atoms with Gasteiger partial charge in [-0.1, -0.05) is 56.3 Å². The Morgan fingerprint density at radius 1 is 0.731 bits per heavy atom. The Bertz CT molecular complexity index is 1010. The highest BCUT2D eigenvalue weighted by Crippen LogP contribution is 2.33. The Morgan fingerprint density at radius 3 is 1.96 bits per heavy atom. The van der Waals surface area contributed by atoms with E-state index in [0.717, 1.165) is 22.3 Å². The second kappa shape index (κ2) is 7.74. The molecule has 0 aliphatic rings. The Balaban J connectivity index is 0.000000948. The normalized spacial score (nSPS) is 10.3. The molecule has 2 aromatic heterocycles. The molecule has 0 amide bonds. The van der Waals surface area contributed by atoms with Gasteiger partial charge in [0.2, 0.25) is 5.88 Å². The second-order valence-electron chi connectivity index (χ2n) is 5.32. The molecular formula is C20H21N5O. The van der Waals surface area contributed by atoms with Gasteiger partial charge < -0.3 is 4.74 Å². The Hall–Kier alpha value is -3.28. The fraction of sp³-hybridized carbons (Fsp3) is 0.200. The van der Waals surface area contributed by atoms with Gasteiger partial charge in [-0.2, -0.15) is 15.0 Å². The SMILES string of the molecule is CC.COc1nc2ccccc2nc1-c1nn(C)nc1-c1ccccc1. The Kier molecular flexibility index (Phi) is 5.22. The lowest BCUT2D eigenvalue weighted by atomic mass is 10.1. The monoisotopic (exact) mass is 347 g/mol. The van der Waals surface area contributed by atoms with Crippen LogP contribution in [-0.2, 0) is 7.05 Å². The zero-order valence-electron chi connectivity index (χ0n) is 15.3. The van der Waals surface area contributed by atoms with Crippen molar-refractivity contribution in [3.05, 3.63) is 54.6 Å². The van der Waals surface area contributed by atoms with Crippen molar-refractivity contribution < 1.29 is 4.74 Å². The summed E-state index contributed by atoms with van der Waals surface area (Å²) in [6, 6.07) is 17.6. The first kappa shape index (κ1) is 17.5. The van der Waals surface area contributed by atoms with Crippen molar-refractivity contribution in [1.82, 2.24) is 25.0 Å². The summed E-state index contributed by atoms with van der Waals surface area (Å²) in [5.74, 6) is 0.436. The molecule has 0 fully saturated rings. The van der Waals surface area contributed by atoms with E-state index < -0.39 is 0 Å². The maximum absolute atomic E-state index is 5.46. The van der Waals surface area contributed by atoms with Gasteiger partial charge in [0.1, 0.15) is 11.4 Å². The molecule has 0 aliphatic carbocycles. The molecule has 26 heavy (non-hydrogen) atoms. The fourth-order valence-electron chi connectivity index (χ4n) is 2.64. The van der Waals surface area contributed by atoms with Gasteiger partial charge in [0.15, 0.2) is 5.69 Å². The molecular weight excluding hydrogens is 326 g/mol. The van der Waals surface area contributed by atoms with Gasteiger partial charge >= 0.3 is 0 Å². The third-order valence-corrected chi connectivity index (χ3v) is 3.72. The molecule has 132 valence electrons. The minimum atomic E-state index is 0.436. The maximum atomic E-state index is 5.46. The van der Waals surface area contributed by atoms with E-state index in [0.29, 0.717) is 17.3 Å². The van der Waals surface area contributed by atoms with Gasteiger partial charge in [-0.3, -0.25) is 0 Å². The number of hydrogen-bond acceptors (Lipinski definition) is 5. The van der Waals surface area contributed by atoms with E-state index in [2.05, 4.69) is 15.2 Å². The number of methoxy groups -OCH3 is 1. The fourth-order valence-corrected chi connectivity index (χ4v) is 2.64. The lowest BCUT2D eigenvalue weighted by Gasteiger charge is -2.07. The number of nitrogens with zero attached hydrogens (tertiary/aromatic N) is 5. The lowest BCUT2D eigenvalue weighted by molar-refractivity contribution is 0.399. The molecule has 2 heterocycles. The topological polar surface area (TPSA) is 65.7 Å². The zero-order valence-corrected chi connectivity index (χ0v) is 15.3. The summed E-state index contributed by atoms with van der Waals surface area (Å²) in [5, 5.41) is 8.99. The van der Waals surface area contributed by atoms with Crippen molar-refractivity contribution >= 4 is 11.0 Å². The van der Waals surface area contributed by atoms with Crippen molar-refractivity contribution in [2.45, 2.75) is 13.8 Å². The average molecular weight is 347 g/mol. The number of aromatic nitrogens is 5. The highest BCUT2D eigenvalue weighted by molar-refractivity contribution is 5.83. The first-order valence-electron chi connectivity index (χ1n) is 8.54. The van der Waals surface area contributed by atoms with Crippen LogP contribution in [0.15, 0.2) is 54.6 Å². The highest BCUT2D eigenvalue weighted by atomic mass is 16.5. The van der Waals surface area contributed by atoms with Crippen LogP contribution in [0, 0.1) is 0 Å². The smallest absolute Gasteiger partial charge is 0.242 e. The number of hydrogen-bond donors (Lipinski definition) is 0. The van der Waals surface area contributed by atoms with E-state index in [9.17, 15) is 0 Å². The minimum Gasteiger partial charge on any atom is -0.479 e. The third kappa shape index (κ3) is 3.26. The molecule has 6 nitrogen and oxygen atoms in total. The molecule has 0 saturated heterocycles. The van der Waals surface area contributed by atoms with Crippen LogP contribution in [0.25, 0.3) is 33.7 Å². The summed E-state index contributed by atoms with van der Waals surface area (Å²) in [7, 11) is 3.37. The second-order valence-corrected chi connectivity index (χ2v) is 5.32. The Morgan fingerprint density at radius 2 is 1.31 bits per heavy atom. The van der Waals surface area contributed by atoms with Crippen LogP contribution < -0.4 is 4.74 Å². The van der Waals surface area contributed by atoms with Crippen LogP contribution >= 0.6 is 0 Å². The Labute approximate surface area is 152 Å². The molecule has 2 aromatic carbocycles. The molecule has 0 atom stereocenters. The van der Waals surface area contributed by atoms with Crippen molar-refractivity contribution in [3.63, 3.8) is 0 Å². The third-order valence-electron chi connectivity index (χ3n) is 3.72. The van der Waals surface area contributed by atoms with Gasteiger partial charge in [-0.05, 0) is 12.1 Å². The molecule has 0 saturated carbocycles. The van der Waals surface area contributed by atoms with Gasteiger partial charge in [0, 0.05) is 12.6 Å². The predicted octanol–water partition coefficient (Wildman–Crippen LogP) is 4.13. The van der Waals surface area contributed by atoms with Crippen molar-refractivity contribution in [3.8, 4) is 28.5 Å². The zero-order chi connectivity index (χ0) is 18.5.